The number of hydrogen-bond donors (Lipinski definition) is 0. The Morgan fingerprint density at radius 3 is 2.51 bits per heavy atom. The lowest BCUT2D eigenvalue weighted by molar-refractivity contribution is -0.0440. The first-order valence-corrected chi connectivity index (χ1v) is 13.5. The maximum Gasteiger partial charge on any atom is 0.279 e. The lowest BCUT2D eigenvalue weighted by Crippen LogP contribution is -2.48. The highest BCUT2D eigenvalue weighted by Gasteiger charge is 2.32. The van der Waals surface area contributed by atoms with Gasteiger partial charge in [0.2, 0.25) is 10.0 Å². The Morgan fingerprint density at radius 1 is 1.20 bits per heavy atom. The second kappa shape index (κ2) is 10.3. The number of aromatic nitrogens is 1. The van der Waals surface area contributed by atoms with E-state index in [-0.39, 0.29) is 42.3 Å². The van der Waals surface area contributed by atoms with Crippen LogP contribution in [0.1, 0.15) is 31.1 Å². The molecule has 1 fully saturated rings. The molecule has 0 N–H and O–H groups in total. The topological polar surface area (TPSA) is 90.2 Å². The van der Waals surface area contributed by atoms with E-state index in [1.165, 1.54) is 39.9 Å². The average molecular weight is 514 g/mol. The van der Waals surface area contributed by atoms with Gasteiger partial charge in [-0.15, -0.1) is 6.42 Å². The molecule has 2 heterocycles. The van der Waals surface area contributed by atoms with Crippen molar-refractivity contribution in [3.05, 3.63) is 52.8 Å². The predicted octanol–water partition coefficient (Wildman–Crippen LogP) is 3.27. The van der Waals surface area contributed by atoms with Crippen molar-refractivity contribution in [2.45, 2.75) is 44.4 Å². The molecule has 1 aliphatic heterocycles. The first-order valence-electron chi connectivity index (χ1n) is 11.3. The molecule has 0 radical (unpaired) electrons. The molecule has 3 aromatic rings. The standard InChI is InChI=1S/C25H27N3O5S2/c1-5-13-28-22-12-9-20(32-6-2)14-23(22)34-25(28)26-24(29)19-7-10-21(11-8-19)35(30,31)27-15-17(3)33-18(4)16-27/h1,7-12,14,17-18H,6,13,15-16H2,2-4H3. The fourth-order valence-corrected chi connectivity index (χ4v) is 6.68. The molecule has 2 aromatic carbocycles. The van der Waals surface area contributed by atoms with Gasteiger partial charge in [0.1, 0.15) is 5.75 Å². The van der Waals surface area contributed by atoms with E-state index in [1.807, 2.05) is 39.0 Å². The molecule has 1 aromatic heterocycles. The third-order valence-corrected chi connectivity index (χ3v) is 8.42. The summed E-state index contributed by atoms with van der Waals surface area (Å²) >= 11 is 1.34. The third-order valence-electron chi connectivity index (χ3n) is 5.54. The normalized spacial score (nSPS) is 19.5. The molecule has 1 aliphatic rings. The lowest BCUT2D eigenvalue weighted by Gasteiger charge is -2.34. The first-order chi connectivity index (χ1) is 16.7. The summed E-state index contributed by atoms with van der Waals surface area (Å²) in [6.45, 7) is 6.98. The van der Waals surface area contributed by atoms with E-state index in [0.29, 0.717) is 11.4 Å². The van der Waals surface area contributed by atoms with Crippen molar-refractivity contribution in [2.75, 3.05) is 19.7 Å². The molecule has 2 unspecified atom stereocenters. The zero-order valence-corrected chi connectivity index (χ0v) is 21.4. The number of hydrogen-bond acceptors (Lipinski definition) is 6. The van der Waals surface area contributed by atoms with Gasteiger partial charge < -0.3 is 14.0 Å². The summed E-state index contributed by atoms with van der Waals surface area (Å²) in [5, 5.41) is 0. The number of sulfonamides is 1. The number of benzene rings is 2. The zero-order valence-electron chi connectivity index (χ0n) is 19.8. The Balaban J connectivity index is 1.63. The molecule has 8 nitrogen and oxygen atoms in total. The number of carbonyl (C=O) groups excluding carboxylic acids is 1. The highest BCUT2D eigenvalue weighted by molar-refractivity contribution is 7.89. The van der Waals surface area contributed by atoms with E-state index in [2.05, 4.69) is 10.9 Å². The number of morpholine rings is 1. The number of carbonyl (C=O) groups is 1. The highest BCUT2D eigenvalue weighted by Crippen LogP contribution is 2.24. The van der Waals surface area contributed by atoms with Crippen molar-refractivity contribution in [1.82, 2.24) is 8.87 Å². The first kappa shape index (κ1) is 25.1. The molecule has 4 rings (SSSR count). The SMILES string of the molecule is C#CCn1c(=NC(=O)c2ccc(S(=O)(=O)N3CC(C)OC(C)C3)cc2)sc2cc(OCC)ccc21. The van der Waals surface area contributed by atoms with Gasteiger partial charge in [0.15, 0.2) is 4.80 Å². The van der Waals surface area contributed by atoms with Crippen LogP contribution in [0.3, 0.4) is 0 Å². The molecule has 35 heavy (non-hydrogen) atoms. The van der Waals surface area contributed by atoms with Crippen LogP contribution < -0.4 is 9.54 Å². The van der Waals surface area contributed by atoms with Gasteiger partial charge in [0.05, 0.1) is 40.5 Å². The van der Waals surface area contributed by atoms with Crippen molar-refractivity contribution < 1.29 is 22.7 Å². The molecule has 10 heteroatoms. The molecule has 0 aliphatic carbocycles. The third kappa shape index (κ3) is 5.33. The minimum atomic E-state index is -3.69. The molecule has 184 valence electrons. The number of terminal acetylenes is 1. The van der Waals surface area contributed by atoms with Crippen LogP contribution in [0.25, 0.3) is 10.2 Å². The predicted molar refractivity (Wildman–Crippen MR) is 135 cm³/mol. The summed E-state index contributed by atoms with van der Waals surface area (Å²) in [5.41, 5.74) is 1.14. The minimum absolute atomic E-state index is 0.128. The monoisotopic (exact) mass is 513 g/mol. The van der Waals surface area contributed by atoms with Crippen molar-refractivity contribution in [3.63, 3.8) is 0 Å². The fourth-order valence-electron chi connectivity index (χ4n) is 4.04. The lowest BCUT2D eigenvalue weighted by atomic mass is 10.2. The van der Waals surface area contributed by atoms with Gasteiger partial charge in [0, 0.05) is 18.7 Å². The second-order valence-corrected chi connectivity index (χ2v) is 11.2. The van der Waals surface area contributed by atoms with Crippen LogP contribution in [0, 0.1) is 12.3 Å². The smallest absolute Gasteiger partial charge is 0.279 e. The fraction of sp³-hybridized carbons (Fsp3) is 0.360. The van der Waals surface area contributed by atoms with Crippen molar-refractivity contribution in [1.29, 1.82) is 0 Å². The summed E-state index contributed by atoms with van der Waals surface area (Å²) < 4.78 is 41.5. The zero-order chi connectivity index (χ0) is 25.2. The molecule has 0 spiro atoms. The number of thiazole rings is 1. The maximum atomic E-state index is 13.1. The summed E-state index contributed by atoms with van der Waals surface area (Å²) in [6, 6.07) is 11.5. The number of nitrogens with zero attached hydrogens (tertiary/aromatic N) is 3. The number of ether oxygens (including phenoxy) is 2. The van der Waals surface area contributed by atoms with Crippen LogP contribution >= 0.6 is 11.3 Å². The summed E-state index contributed by atoms with van der Waals surface area (Å²) in [4.78, 5) is 17.8. The second-order valence-electron chi connectivity index (χ2n) is 8.26. The Morgan fingerprint density at radius 2 is 1.89 bits per heavy atom. The maximum absolute atomic E-state index is 13.1. The van der Waals surface area contributed by atoms with Gasteiger partial charge in [-0.25, -0.2) is 8.42 Å². The minimum Gasteiger partial charge on any atom is -0.494 e. The van der Waals surface area contributed by atoms with Crippen LogP contribution in [-0.4, -0.2) is 55.1 Å². The molecule has 2 atom stereocenters. The van der Waals surface area contributed by atoms with Crippen LogP contribution in [0.5, 0.6) is 5.75 Å². The highest BCUT2D eigenvalue weighted by atomic mass is 32.2. The van der Waals surface area contributed by atoms with E-state index < -0.39 is 15.9 Å². The molecular weight excluding hydrogens is 486 g/mol. The van der Waals surface area contributed by atoms with Crippen LogP contribution in [0.15, 0.2) is 52.4 Å². The van der Waals surface area contributed by atoms with E-state index >= 15 is 0 Å². The number of rotatable bonds is 6. The number of fused-ring (bicyclic) bond motifs is 1. The van der Waals surface area contributed by atoms with E-state index in [4.69, 9.17) is 15.9 Å². The van der Waals surface area contributed by atoms with Gasteiger partial charge in [-0.05, 0) is 63.2 Å². The van der Waals surface area contributed by atoms with Crippen molar-refractivity contribution in [2.24, 2.45) is 4.99 Å². The average Bonchev–Trinajstić information content (AvgIpc) is 3.15. The summed E-state index contributed by atoms with van der Waals surface area (Å²) in [7, 11) is -3.69. The molecule has 0 bridgehead atoms. The van der Waals surface area contributed by atoms with Crippen molar-refractivity contribution in [3.8, 4) is 18.1 Å². The Labute approximate surface area is 208 Å². The molecule has 1 saturated heterocycles. The van der Waals surface area contributed by atoms with Gasteiger partial charge in [0.25, 0.3) is 5.91 Å². The molecular formula is C25H27N3O5S2. The van der Waals surface area contributed by atoms with Crippen LogP contribution in [0.2, 0.25) is 0 Å². The van der Waals surface area contributed by atoms with Gasteiger partial charge >= 0.3 is 0 Å². The van der Waals surface area contributed by atoms with E-state index in [1.54, 1.807) is 4.57 Å². The van der Waals surface area contributed by atoms with E-state index in [9.17, 15) is 13.2 Å². The Hall–Kier alpha value is -2.97. The summed E-state index contributed by atoms with van der Waals surface area (Å²) in [5.74, 6) is 2.85. The van der Waals surface area contributed by atoms with E-state index in [0.717, 1.165) is 16.0 Å². The molecule has 1 amide bonds. The quantitative estimate of drug-likeness (QED) is 0.472. The molecule has 0 saturated carbocycles. The van der Waals surface area contributed by atoms with Gasteiger partial charge in [-0.1, -0.05) is 17.3 Å². The Bertz CT molecular complexity index is 1440. The van der Waals surface area contributed by atoms with Crippen LogP contribution in [-0.2, 0) is 21.3 Å². The van der Waals surface area contributed by atoms with Crippen LogP contribution in [0.4, 0.5) is 0 Å². The summed E-state index contributed by atoms with van der Waals surface area (Å²) in [6.07, 6.45) is 5.18. The number of amides is 1. The largest absolute Gasteiger partial charge is 0.494 e. The van der Waals surface area contributed by atoms with Gasteiger partial charge in [-0.2, -0.15) is 9.30 Å². The Kier molecular flexibility index (Phi) is 7.42. The van der Waals surface area contributed by atoms with Gasteiger partial charge in [-0.3, -0.25) is 4.79 Å². The van der Waals surface area contributed by atoms with Crippen molar-refractivity contribution >= 4 is 37.5 Å².